The van der Waals surface area contributed by atoms with Crippen molar-refractivity contribution in [3.8, 4) is 5.75 Å². The fourth-order valence-electron chi connectivity index (χ4n) is 3.32. The molecule has 0 aliphatic carbocycles. The molecule has 0 aliphatic rings. The van der Waals surface area contributed by atoms with E-state index < -0.39 is 0 Å². The third-order valence-electron chi connectivity index (χ3n) is 4.84. The first kappa shape index (κ1) is 20.3. The molecule has 0 spiro atoms. The van der Waals surface area contributed by atoms with Gasteiger partial charge in [0, 0.05) is 11.7 Å². The second-order valence-electron chi connectivity index (χ2n) is 6.96. The lowest BCUT2D eigenvalue weighted by molar-refractivity contribution is 0.415. The topological polar surface area (TPSA) is 21.3 Å². The first-order valence-electron chi connectivity index (χ1n) is 9.83. The van der Waals surface area contributed by atoms with Crippen LogP contribution in [0, 0.1) is 5.82 Å². The molecule has 0 heterocycles. The number of hydrogen-bond acceptors (Lipinski definition) is 2. The highest BCUT2D eigenvalue weighted by Crippen LogP contribution is 2.26. The van der Waals surface area contributed by atoms with E-state index >= 15 is 0 Å². The summed E-state index contributed by atoms with van der Waals surface area (Å²) in [6.07, 6.45) is 8.44. The Kier molecular flexibility index (Phi) is 8.46. The van der Waals surface area contributed by atoms with Crippen molar-refractivity contribution < 1.29 is 9.13 Å². The molecule has 1 unspecified atom stereocenters. The minimum atomic E-state index is -0.147. The molecule has 2 aromatic rings. The molecule has 1 N–H and O–H groups in total. The number of ether oxygens (including phenoxy) is 1. The molecule has 2 aromatic carbocycles. The van der Waals surface area contributed by atoms with Crippen molar-refractivity contribution in [2.45, 2.75) is 64.8 Å². The zero-order chi connectivity index (χ0) is 18.8. The number of anilines is 1. The van der Waals surface area contributed by atoms with Crippen LogP contribution in [0.3, 0.4) is 0 Å². The molecule has 0 aromatic heterocycles. The molecule has 0 saturated carbocycles. The van der Waals surface area contributed by atoms with Crippen molar-refractivity contribution in [3.63, 3.8) is 0 Å². The van der Waals surface area contributed by atoms with E-state index in [0.29, 0.717) is 0 Å². The summed E-state index contributed by atoms with van der Waals surface area (Å²) in [5, 5.41) is 3.51. The van der Waals surface area contributed by atoms with Gasteiger partial charge in [0.25, 0.3) is 0 Å². The fourth-order valence-corrected chi connectivity index (χ4v) is 3.32. The van der Waals surface area contributed by atoms with E-state index in [1.165, 1.54) is 37.7 Å². The highest BCUT2D eigenvalue weighted by molar-refractivity contribution is 5.49. The Labute approximate surface area is 157 Å². The number of halogens is 1. The maximum atomic E-state index is 13.8. The van der Waals surface area contributed by atoms with Gasteiger partial charge in [-0.05, 0) is 67.3 Å². The number of hydrogen-bond donors (Lipinski definition) is 1. The van der Waals surface area contributed by atoms with Crippen LogP contribution in [0.4, 0.5) is 10.1 Å². The Morgan fingerprint density at radius 3 is 2.35 bits per heavy atom. The summed E-state index contributed by atoms with van der Waals surface area (Å²) in [7, 11) is 1.66. The van der Waals surface area contributed by atoms with Crippen LogP contribution in [-0.4, -0.2) is 7.11 Å². The van der Waals surface area contributed by atoms with Crippen molar-refractivity contribution in [3.05, 3.63) is 59.4 Å². The highest BCUT2D eigenvalue weighted by Gasteiger charge is 2.12. The summed E-state index contributed by atoms with van der Waals surface area (Å²) in [5.74, 6) is 0.695. The van der Waals surface area contributed by atoms with Gasteiger partial charge in [0.2, 0.25) is 0 Å². The van der Waals surface area contributed by atoms with Gasteiger partial charge in [-0.25, -0.2) is 4.39 Å². The quantitative estimate of drug-likeness (QED) is 0.441. The van der Waals surface area contributed by atoms with Crippen molar-refractivity contribution >= 4 is 5.69 Å². The average Bonchev–Trinajstić information content (AvgIpc) is 2.65. The predicted molar refractivity (Wildman–Crippen MR) is 109 cm³/mol. The van der Waals surface area contributed by atoms with Crippen LogP contribution < -0.4 is 10.1 Å². The highest BCUT2D eigenvalue weighted by atomic mass is 19.1. The van der Waals surface area contributed by atoms with Gasteiger partial charge in [0.1, 0.15) is 11.6 Å². The summed E-state index contributed by atoms with van der Waals surface area (Å²) in [4.78, 5) is 0. The molecular weight excluding hydrogens is 325 g/mol. The van der Waals surface area contributed by atoms with Crippen LogP contribution in [0.2, 0.25) is 0 Å². The molecule has 2 nitrogen and oxygen atoms in total. The minimum absolute atomic E-state index is 0.124. The first-order valence-corrected chi connectivity index (χ1v) is 9.83. The van der Waals surface area contributed by atoms with Crippen molar-refractivity contribution in [2.75, 3.05) is 12.4 Å². The Morgan fingerprint density at radius 1 is 0.962 bits per heavy atom. The van der Waals surface area contributed by atoms with E-state index in [1.807, 2.05) is 30.3 Å². The lowest BCUT2D eigenvalue weighted by Gasteiger charge is -2.20. The molecule has 0 fully saturated rings. The predicted octanol–water partition coefficient (Wildman–Crippen LogP) is 6.91. The smallest absolute Gasteiger partial charge is 0.123 e. The van der Waals surface area contributed by atoms with Crippen molar-refractivity contribution in [2.24, 2.45) is 0 Å². The largest absolute Gasteiger partial charge is 0.497 e. The molecule has 0 radical (unpaired) electrons. The number of benzene rings is 2. The monoisotopic (exact) mass is 357 g/mol. The molecule has 0 aliphatic heterocycles. The van der Waals surface area contributed by atoms with Gasteiger partial charge in [-0.3, -0.25) is 0 Å². The first-order chi connectivity index (χ1) is 12.6. The van der Waals surface area contributed by atoms with E-state index in [1.54, 1.807) is 19.2 Å². The molecule has 1 atom stereocenters. The van der Waals surface area contributed by atoms with Gasteiger partial charge in [0.05, 0.1) is 7.11 Å². The number of nitrogens with one attached hydrogen (secondary N) is 1. The second-order valence-corrected chi connectivity index (χ2v) is 6.96. The normalized spacial score (nSPS) is 12.0. The minimum Gasteiger partial charge on any atom is -0.497 e. The fraction of sp³-hybridized carbons (Fsp3) is 0.478. The summed E-state index contributed by atoms with van der Waals surface area (Å²) in [6.45, 7) is 4.36. The molecule has 142 valence electrons. The van der Waals surface area contributed by atoms with Crippen LogP contribution in [0.5, 0.6) is 5.75 Å². The van der Waals surface area contributed by atoms with E-state index in [4.69, 9.17) is 4.74 Å². The van der Waals surface area contributed by atoms with E-state index in [9.17, 15) is 4.39 Å². The molecule has 26 heavy (non-hydrogen) atoms. The van der Waals surface area contributed by atoms with Gasteiger partial charge < -0.3 is 10.1 Å². The van der Waals surface area contributed by atoms with Gasteiger partial charge in [-0.1, -0.05) is 45.1 Å². The SMILES string of the molecule is CCCCCCCCc1cc(F)ccc1C(C)Nc1ccc(OC)cc1. The Morgan fingerprint density at radius 2 is 1.65 bits per heavy atom. The van der Waals surface area contributed by atoms with E-state index in [0.717, 1.165) is 29.8 Å². The van der Waals surface area contributed by atoms with Gasteiger partial charge in [-0.2, -0.15) is 0 Å². The van der Waals surface area contributed by atoms with E-state index in [-0.39, 0.29) is 11.9 Å². The lowest BCUT2D eigenvalue weighted by atomic mass is 9.96. The molecule has 0 amide bonds. The number of unbranched alkanes of at least 4 members (excludes halogenated alkanes) is 5. The number of rotatable bonds is 11. The standard InChI is InChI=1S/C23H32FNO/c1-4-5-6-7-8-9-10-19-17-20(24)11-16-23(19)18(2)25-21-12-14-22(26-3)15-13-21/h11-18,25H,4-10H2,1-3H3. The second kappa shape index (κ2) is 10.8. The molecule has 2 rings (SSSR count). The van der Waals surface area contributed by atoms with Crippen molar-refractivity contribution in [1.29, 1.82) is 0 Å². The van der Waals surface area contributed by atoms with Crippen molar-refractivity contribution in [1.82, 2.24) is 0 Å². The van der Waals surface area contributed by atoms with Crippen LogP contribution >= 0.6 is 0 Å². The van der Waals surface area contributed by atoms with Crippen LogP contribution in [-0.2, 0) is 6.42 Å². The Bertz CT molecular complexity index is 654. The maximum absolute atomic E-state index is 13.8. The summed E-state index contributed by atoms with van der Waals surface area (Å²) >= 11 is 0. The maximum Gasteiger partial charge on any atom is 0.123 e. The molecule has 0 saturated heterocycles. The van der Waals surface area contributed by atoms with E-state index in [2.05, 4.69) is 19.2 Å². The zero-order valence-corrected chi connectivity index (χ0v) is 16.4. The van der Waals surface area contributed by atoms with Gasteiger partial charge >= 0.3 is 0 Å². The zero-order valence-electron chi connectivity index (χ0n) is 16.4. The van der Waals surface area contributed by atoms with Crippen LogP contribution in [0.1, 0.15) is 69.5 Å². The third-order valence-corrected chi connectivity index (χ3v) is 4.84. The van der Waals surface area contributed by atoms with Gasteiger partial charge in [0.15, 0.2) is 0 Å². The van der Waals surface area contributed by atoms with Gasteiger partial charge in [-0.15, -0.1) is 0 Å². The molecule has 3 heteroatoms. The molecular formula is C23H32FNO. The average molecular weight is 358 g/mol. The van der Waals surface area contributed by atoms with Crippen LogP contribution in [0.25, 0.3) is 0 Å². The summed E-state index contributed by atoms with van der Waals surface area (Å²) < 4.78 is 19.0. The third kappa shape index (κ3) is 6.36. The summed E-state index contributed by atoms with van der Waals surface area (Å²) in [5.41, 5.74) is 3.33. The number of methoxy groups -OCH3 is 1. The molecule has 0 bridgehead atoms. The summed E-state index contributed by atoms with van der Waals surface area (Å²) in [6, 6.07) is 13.2. The lowest BCUT2D eigenvalue weighted by Crippen LogP contribution is -2.10. The van der Waals surface area contributed by atoms with Crippen LogP contribution in [0.15, 0.2) is 42.5 Å². The number of aryl methyl sites for hydroxylation is 1. The Hall–Kier alpha value is -2.03. The Balaban J connectivity index is 1.97.